The molecule has 0 aliphatic heterocycles. The Bertz CT molecular complexity index is 1240. The van der Waals surface area contributed by atoms with Gasteiger partial charge in [0, 0.05) is 23.3 Å². The number of anilines is 1. The molecule has 2 aromatic carbocycles. The summed E-state index contributed by atoms with van der Waals surface area (Å²) >= 11 is 6.02. The summed E-state index contributed by atoms with van der Waals surface area (Å²) in [6.45, 7) is 0. The lowest BCUT2D eigenvalue weighted by atomic mass is 10.0. The van der Waals surface area contributed by atoms with E-state index in [1.54, 1.807) is 54.9 Å². The van der Waals surface area contributed by atoms with E-state index in [4.69, 9.17) is 11.6 Å². The SMILES string of the molecule is O=C(Nc1cc(C(F)(F)F)ccc1Cl)c1cc(-c2ccncc2)nc2ccccc12. The highest BCUT2D eigenvalue weighted by atomic mass is 35.5. The number of fused-ring (bicyclic) bond motifs is 1. The van der Waals surface area contributed by atoms with Crippen molar-refractivity contribution < 1.29 is 18.0 Å². The van der Waals surface area contributed by atoms with Gasteiger partial charge < -0.3 is 5.32 Å². The predicted molar refractivity (Wildman–Crippen MR) is 109 cm³/mol. The number of para-hydroxylation sites is 1. The molecule has 1 N–H and O–H groups in total. The fourth-order valence-corrected chi connectivity index (χ4v) is 3.19. The standard InChI is InChI=1S/C22H13ClF3N3O/c23-17-6-5-14(22(24,25)26)11-20(17)29-21(30)16-12-19(13-7-9-27-10-8-13)28-18-4-2-1-3-15(16)18/h1-12H,(H,29,30). The van der Waals surface area contributed by atoms with Crippen LogP contribution < -0.4 is 5.32 Å². The molecule has 0 fully saturated rings. The third-order valence-electron chi connectivity index (χ3n) is 4.48. The second-order valence-electron chi connectivity index (χ2n) is 6.45. The molecule has 0 saturated carbocycles. The maximum absolute atomic E-state index is 13.0. The topological polar surface area (TPSA) is 54.9 Å². The average Bonchev–Trinajstić information content (AvgIpc) is 2.74. The molecule has 150 valence electrons. The van der Waals surface area contributed by atoms with Gasteiger partial charge in [-0.3, -0.25) is 9.78 Å². The summed E-state index contributed by atoms with van der Waals surface area (Å²) in [4.78, 5) is 21.6. The Morgan fingerprint density at radius 2 is 1.70 bits per heavy atom. The van der Waals surface area contributed by atoms with Crippen LogP contribution in [-0.2, 0) is 6.18 Å². The van der Waals surface area contributed by atoms with E-state index in [1.165, 1.54) is 0 Å². The van der Waals surface area contributed by atoms with Crippen LogP contribution in [0.1, 0.15) is 15.9 Å². The third kappa shape index (κ3) is 3.97. The lowest BCUT2D eigenvalue weighted by Crippen LogP contribution is -2.14. The fraction of sp³-hybridized carbons (Fsp3) is 0.0455. The molecule has 0 spiro atoms. The normalized spacial score (nSPS) is 11.5. The first-order valence-electron chi connectivity index (χ1n) is 8.81. The van der Waals surface area contributed by atoms with Gasteiger partial charge in [0.1, 0.15) is 0 Å². The zero-order valence-corrected chi connectivity index (χ0v) is 16.0. The van der Waals surface area contributed by atoms with E-state index in [-0.39, 0.29) is 16.3 Å². The second kappa shape index (κ2) is 7.76. The lowest BCUT2D eigenvalue weighted by Gasteiger charge is -2.13. The highest BCUT2D eigenvalue weighted by Crippen LogP contribution is 2.34. The number of carbonyl (C=O) groups excluding carboxylic acids is 1. The van der Waals surface area contributed by atoms with E-state index in [0.717, 1.165) is 23.8 Å². The van der Waals surface area contributed by atoms with E-state index in [9.17, 15) is 18.0 Å². The van der Waals surface area contributed by atoms with E-state index in [1.807, 2.05) is 0 Å². The zero-order valence-electron chi connectivity index (χ0n) is 15.2. The number of hydrogen-bond donors (Lipinski definition) is 1. The van der Waals surface area contributed by atoms with Gasteiger partial charge in [-0.2, -0.15) is 13.2 Å². The Labute approximate surface area is 174 Å². The van der Waals surface area contributed by atoms with Gasteiger partial charge in [-0.05, 0) is 42.5 Å². The maximum Gasteiger partial charge on any atom is 0.416 e. The molecular formula is C22H13ClF3N3O. The van der Waals surface area contributed by atoms with Crippen LogP contribution in [0.15, 0.2) is 73.1 Å². The highest BCUT2D eigenvalue weighted by molar-refractivity contribution is 6.34. The first kappa shape index (κ1) is 19.8. The minimum absolute atomic E-state index is 0.00377. The summed E-state index contributed by atoms with van der Waals surface area (Å²) in [5, 5.41) is 3.07. The Kier molecular flexibility index (Phi) is 5.13. The van der Waals surface area contributed by atoms with Crippen LogP contribution in [0.3, 0.4) is 0 Å². The van der Waals surface area contributed by atoms with Crippen LogP contribution >= 0.6 is 11.6 Å². The molecule has 0 aliphatic rings. The van der Waals surface area contributed by atoms with Crippen LogP contribution in [0.5, 0.6) is 0 Å². The van der Waals surface area contributed by atoms with Crippen LogP contribution in [0.2, 0.25) is 5.02 Å². The monoisotopic (exact) mass is 427 g/mol. The van der Waals surface area contributed by atoms with Gasteiger partial charge in [0.15, 0.2) is 0 Å². The van der Waals surface area contributed by atoms with E-state index in [2.05, 4.69) is 15.3 Å². The molecular weight excluding hydrogens is 415 g/mol. The summed E-state index contributed by atoms with van der Waals surface area (Å²) in [5.41, 5.74) is 1.10. The van der Waals surface area contributed by atoms with Crippen molar-refractivity contribution in [3.63, 3.8) is 0 Å². The number of rotatable bonds is 3. The number of amides is 1. The molecule has 4 nitrogen and oxygen atoms in total. The number of halogens is 4. The van der Waals surface area contributed by atoms with Crippen LogP contribution in [0.25, 0.3) is 22.2 Å². The van der Waals surface area contributed by atoms with Gasteiger partial charge in [0.25, 0.3) is 5.91 Å². The van der Waals surface area contributed by atoms with E-state index >= 15 is 0 Å². The molecule has 1 amide bonds. The number of alkyl halides is 3. The molecule has 4 rings (SSSR count). The molecule has 30 heavy (non-hydrogen) atoms. The minimum atomic E-state index is -4.55. The molecule has 0 unspecified atom stereocenters. The van der Waals surface area contributed by atoms with Crippen molar-refractivity contribution in [2.24, 2.45) is 0 Å². The first-order valence-corrected chi connectivity index (χ1v) is 9.19. The molecule has 2 aromatic heterocycles. The van der Waals surface area contributed by atoms with E-state index < -0.39 is 17.6 Å². The summed E-state index contributed by atoms with van der Waals surface area (Å²) in [6, 6.07) is 14.9. The number of hydrogen-bond acceptors (Lipinski definition) is 3. The maximum atomic E-state index is 13.0. The molecule has 0 aliphatic carbocycles. The lowest BCUT2D eigenvalue weighted by molar-refractivity contribution is -0.137. The summed E-state index contributed by atoms with van der Waals surface area (Å²) in [6.07, 6.45) is -1.34. The van der Waals surface area contributed by atoms with Gasteiger partial charge >= 0.3 is 6.18 Å². The molecule has 2 heterocycles. The Morgan fingerprint density at radius 3 is 2.43 bits per heavy atom. The molecule has 4 aromatic rings. The quantitative estimate of drug-likeness (QED) is 0.422. The second-order valence-corrected chi connectivity index (χ2v) is 6.86. The van der Waals surface area contributed by atoms with Crippen LogP contribution in [0, 0.1) is 0 Å². The Balaban J connectivity index is 1.79. The van der Waals surface area contributed by atoms with Crippen molar-refractivity contribution in [2.45, 2.75) is 6.18 Å². The van der Waals surface area contributed by atoms with Crippen molar-refractivity contribution >= 4 is 34.1 Å². The molecule has 0 radical (unpaired) electrons. The van der Waals surface area contributed by atoms with E-state index in [0.29, 0.717) is 16.6 Å². The number of carbonyl (C=O) groups is 1. The van der Waals surface area contributed by atoms with Crippen molar-refractivity contribution in [1.29, 1.82) is 0 Å². The summed E-state index contributed by atoms with van der Waals surface area (Å²) in [7, 11) is 0. The fourth-order valence-electron chi connectivity index (χ4n) is 3.02. The predicted octanol–water partition coefficient (Wildman–Crippen LogP) is 6.22. The molecule has 8 heteroatoms. The van der Waals surface area contributed by atoms with Crippen molar-refractivity contribution in [3.05, 3.63) is 89.2 Å². The van der Waals surface area contributed by atoms with Crippen LogP contribution in [-0.4, -0.2) is 15.9 Å². The average molecular weight is 428 g/mol. The third-order valence-corrected chi connectivity index (χ3v) is 4.81. The van der Waals surface area contributed by atoms with Gasteiger partial charge in [-0.25, -0.2) is 4.98 Å². The first-order chi connectivity index (χ1) is 14.3. The Hall–Kier alpha value is -3.45. The number of pyridine rings is 2. The number of benzene rings is 2. The highest BCUT2D eigenvalue weighted by Gasteiger charge is 2.31. The smallest absolute Gasteiger partial charge is 0.321 e. The summed E-state index contributed by atoms with van der Waals surface area (Å²) < 4.78 is 39.1. The number of aromatic nitrogens is 2. The van der Waals surface area contributed by atoms with Gasteiger partial charge in [-0.15, -0.1) is 0 Å². The Morgan fingerprint density at radius 1 is 0.967 bits per heavy atom. The molecule has 0 atom stereocenters. The largest absolute Gasteiger partial charge is 0.416 e. The van der Waals surface area contributed by atoms with Crippen molar-refractivity contribution in [1.82, 2.24) is 9.97 Å². The summed E-state index contributed by atoms with van der Waals surface area (Å²) in [5.74, 6) is -0.592. The van der Waals surface area contributed by atoms with Crippen LogP contribution in [0.4, 0.5) is 18.9 Å². The van der Waals surface area contributed by atoms with Crippen molar-refractivity contribution in [3.8, 4) is 11.3 Å². The van der Waals surface area contributed by atoms with Gasteiger partial charge in [-0.1, -0.05) is 29.8 Å². The molecule has 0 saturated heterocycles. The van der Waals surface area contributed by atoms with Gasteiger partial charge in [0.05, 0.1) is 33.0 Å². The minimum Gasteiger partial charge on any atom is -0.321 e. The number of nitrogens with zero attached hydrogens (tertiary/aromatic N) is 2. The van der Waals surface area contributed by atoms with Crippen molar-refractivity contribution in [2.75, 3.05) is 5.32 Å². The number of nitrogens with one attached hydrogen (secondary N) is 1. The van der Waals surface area contributed by atoms with Gasteiger partial charge in [0.2, 0.25) is 0 Å². The molecule has 0 bridgehead atoms. The zero-order chi connectivity index (χ0) is 21.3.